The van der Waals surface area contributed by atoms with Crippen LogP contribution in [0.15, 0.2) is 0 Å². The van der Waals surface area contributed by atoms with E-state index in [1.54, 1.807) is 0 Å². The fraction of sp³-hybridized carbons (Fsp3) is 1.00. The molecule has 0 atom stereocenters. The van der Waals surface area contributed by atoms with E-state index in [2.05, 4.69) is 27.7 Å². The molecule has 0 unspecified atom stereocenters. The van der Waals surface area contributed by atoms with Crippen molar-refractivity contribution in [2.24, 2.45) is 0 Å². The zero-order valence-corrected chi connectivity index (χ0v) is 18.6. The minimum Gasteiger partial charge on any atom is -0.324 e. The first-order chi connectivity index (χ1) is 12.2. The van der Waals surface area contributed by atoms with Crippen molar-refractivity contribution in [1.29, 1.82) is 0 Å². The highest BCUT2D eigenvalue weighted by Crippen LogP contribution is 2.19. The summed E-state index contributed by atoms with van der Waals surface area (Å²) in [5, 5.41) is 0. The summed E-state index contributed by atoms with van der Waals surface area (Å²) >= 11 is 0. The van der Waals surface area contributed by atoms with Crippen molar-refractivity contribution in [3.63, 3.8) is 0 Å². The average Bonchev–Trinajstić information content (AvgIpc) is 2.63. The first-order valence-electron chi connectivity index (χ1n) is 12.1. The molecule has 0 spiro atoms. The molecule has 0 heterocycles. The lowest BCUT2D eigenvalue weighted by Gasteiger charge is -2.39. The Morgan fingerprint density at radius 2 is 0.600 bits per heavy atom. The highest BCUT2D eigenvalue weighted by Gasteiger charge is 2.25. The van der Waals surface area contributed by atoms with Gasteiger partial charge in [0.2, 0.25) is 0 Å². The van der Waals surface area contributed by atoms with Gasteiger partial charge in [-0.05, 0) is 51.4 Å². The lowest BCUT2D eigenvalue weighted by atomic mass is 10.1. The summed E-state index contributed by atoms with van der Waals surface area (Å²) in [7, 11) is 0. The van der Waals surface area contributed by atoms with Crippen LogP contribution in [0.4, 0.5) is 0 Å². The molecule has 1 nitrogen and oxygen atoms in total. The lowest BCUT2D eigenvalue weighted by molar-refractivity contribution is -0.929. The van der Waals surface area contributed by atoms with Gasteiger partial charge < -0.3 is 4.48 Å². The molecule has 0 aromatic heterocycles. The fourth-order valence-electron chi connectivity index (χ4n) is 4.17. The van der Waals surface area contributed by atoms with Crippen molar-refractivity contribution in [3.05, 3.63) is 0 Å². The number of hydrogen-bond acceptors (Lipinski definition) is 0. The molecule has 25 heavy (non-hydrogen) atoms. The van der Waals surface area contributed by atoms with Crippen molar-refractivity contribution in [2.75, 3.05) is 26.2 Å². The number of hydrogen-bond donors (Lipinski definition) is 0. The highest BCUT2D eigenvalue weighted by atomic mass is 15.3. The minimum atomic E-state index is 0. The largest absolute Gasteiger partial charge is 1.00 e. The molecule has 0 aromatic carbocycles. The average molecular weight is 356 g/mol. The van der Waals surface area contributed by atoms with Gasteiger partial charge in [0.05, 0.1) is 26.2 Å². The molecule has 0 fully saturated rings. The van der Waals surface area contributed by atoms with E-state index in [4.69, 9.17) is 0 Å². The van der Waals surface area contributed by atoms with Gasteiger partial charge in [-0.1, -0.05) is 79.1 Å². The van der Waals surface area contributed by atoms with E-state index in [1.165, 1.54) is 133 Å². The van der Waals surface area contributed by atoms with Crippen molar-refractivity contribution < 1.29 is 5.91 Å². The summed E-state index contributed by atoms with van der Waals surface area (Å²) in [6, 6.07) is 0. The number of unbranched alkanes of at least 4 members (excludes halogenated alkanes) is 12. The summed E-state index contributed by atoms with van der Waals surface area (Å²) < 4.78 is 1.46. The van der Waals surface area contributed by atoms with E-state index in [1.807, 2.05) is 0 Å². The molecule has 1 heteroatoms. The van der Waals surface area contributed by atoms with Crippen molar-refractivity contribution >= 4 is 0 Å². The van der Waals surface area contributed by atoms with Crippen LogP contribution in [0.1, 0.15) is 132 Å². The molecule has 0 aliphatic rings. The van der Waals surface area contributed by atoms with E-state index in [-0.39, 0.29) is 1.43 Å². The molecule has 152 valence electrons. The number of quaternary nitrogens is 1. The second-order valence-corrected chi connectivity index (χ2v) is 8.48. The van der Waals surface area contributed by atoms with Crippen LogP contribution in [0, 0.1) is 0 Å². The maximum absolute atomic E-state index is 2.34. The Hall–Kier alpha value is -0.0400. The smallest absolute Gasteiger partial charge is 0.324 e. The van der Waals surface area contributed by atoms with E-state index >= 15 is 0 Å². The Morgan fingerprint density at radius 1 is 0.360 bits per heavy atom. The summed E-state index contributed by atoms with van der Waals surface area (Å²) in [5.74, 6) is 0. The third kappa shape index (κ3) is 14.8. The predicted octanol–water partition coefficient (Wildman–Crippen LogP) is 8.24. The Kier molecular flexibility index (Phi) is 18.7. The van der Waals surface area contributed by atoms with E-state index in [0.29, 0.717) is 0 Å². The van der Waals surface area contributed by atoms with Gasteiger partial charge in [0.1, 0.15) is 0 Å². The highest BCUT2D eigenvalue weighted by molar-refractivity contribution is 4.53. The SMILES string of the molecule is CCCCCC[N+](CCCCCC)(CCCCCC)CCCCCC.[H+]. The standard InChI is InChI=1S/C24H52N/c1-5-9-13-17-21-25(22-18-14-10-6-2,23-19-15-11-7-3)24-20-16-12-8-4/h5-24H2,1-4H3/q+1/p+1. The maximum atomic E-state index is 2.34. The van der Waals surface area contributed by atoms with Gasteiger partial charge in [-0.15, -0.1) is 0 Å². The quantitative estimate of drug-likeness (QED) is 0.152. The van der Waals surface area contributed by atoms with Gasteiger partial charge in [0, 0.05) is 0 Å². The molecular formula is C24H53N+2. The van der Waals surface area contributed by atoms with E-state index in [9.17, 15) is 0 Å². The molecule has 0 amide bonds. The van der Waals surface area contributed by atoms with Crippen LogP contribution < -0.4 is 0 Å². The van der Waals surface area contributed by atoms with Crippen molar-refractivity contribution in [1.82, 2.24) is 0 Å². The van der Waals surface area contributed by atoms with Gasteiger partial charge in [-0.3, -0.25) is 0 Å². The van der Waals surface area contributed by atoms with Crippen LogP contribution >= 0.6 is 0 Å². The van der Waals surface area contributed by atoms with Crippen LogP contribution in [0.25, 0.3) is 0 Å². The van der Waals surface area contributed by atoms with Gasteiger partial charge in [-0.25, -0.2) is 0 Å². The predicted molar refractivity (Wildman–Crippen MR) is 117 cm³/mol. The summed E-state index contributed by atoms with van der Waals surface area (Å²) in [4.78, 5) is 0. The molecule has 0 radical (unpaired) electrons. The summed E-state index contributed by atoms with van der Waals surface area (Å²) in [6.45, 7) is 15.2. The zero-order valence-electron chi connectivity index (χ0n) is 19.6. The van der Waals surface area contributed by atoms with Crippen molar-refractivity contribution in [3.8, 4) is 0 Å². The number of nitrogens with zero attached hydrogens (tertiary/aromatic N) is 1. The lowest BCUT2D eigenvalue weighted by Crippen LogP contribution is -2.50. The van der Waals surface area contributed by atoms with E-state index < -0.39 is 0 Å². The second kappa shape index (κ2) is 18.7. The van der Waals surface area contributed by atoms with Crippen molar-refractivity contribution in [2.45, 2.75) is 130 Å². The maximum Gasteiger partial charge on any atom is 1.00 e. The molecular weight excluding hydrogens is 302 g/mol. The first kappa shape index (κ1) is 25.0. The van der Waals surface area contributed by atoms with Gasteiger partial charge in [0.25, 0.3) is 0 Å². The van der Waals surface area contributed by atoms with Crippen LogP contribution in [-0.2, 0) is 0 Å². The van der Waals surface area contributed by atoms with Crippen LogP contribution in [0.5, 0.6) is 0 Å². The zero-order chi connectivity index (χ0) is 18.6. The molecule has 0 saturated heterocycles. The Balaban J connectivity index is 0. The molecule has 0 bridgehead atoms. The normalized spacial score (nSPS) is 12.0. The van der Waals surface area contributed by atoms with Gasteiger partial charge >= 0.3 is 1.43 Å². The summed E-state index contributed by atoms with van der Waals surface area (Å²) in [6.07, 6.45) is 22.8. The third-order valence-corrected chi connectivity index (χ3v) is 5.94. The van der Waals surface area contributed by atoms with Crippen LogP contribution in [0.2, 0.25) is 0 Å². The molecule has 0 N–H and O–H groups in total. The Morgan fingerprint density at radius 3 is 0.800 bits per heavy atom. The van der Waals surface area contributed by atoms with Gasteiger partial charge in [-0.2, -0.15) is 0 Å². The molecule has 0 rings (SSSR count). The van der Waals surface area contributed by atoms with E-state index in [0.717, 1.165) is 0 Å². The third-order valence-electron chi connectivity index (χ3n) is 5.94. The second-order valence-electron chi connectivity index (χ2n) is 8.48. The molecule has 0 saturated carbocycles. The Labute approximate surface area is 163 Å². The number of rotatable bonds is 20. The first-order valence-corrected chi connectivity index (χ1v) is 12.1. The summed E-state index contributed by atoms with van der Waals surface area (Å²) in [5.41, 5.74) is 0. The molecule has 0 aliphatic carbocycles. The molecule has 0 aliphatic heterocycles. The van der Waals surface area contributed by atoms with Gasteiger partial charge in [0.15, 0.2) is 0 Å². The minimum absolute atomic E-state index is 0. The Bertz CT molecular complexity index is 201. The monoisotopic (exact) mass is 355 g/mol. The topological polar surface area (TPSA) is 0 Å². The van der Waals surface area contributed by atoms with Crippen LogP contribution in [0.3, 0.4) is 0 Å². The fourth-order valence-corrected chi connectivity index (χ4v) is 4.17. The van der Waals surface area contributed by atoms with Crippen LogP contribution in [-0.4, -0.2) is 30.7 Å². The molecule has 0 aromatic rings.